The van der Waals surface area contributed by atoms with E-state index in [2.05, 4.69) is 16.8 Å². The van der Waals surface area contributed by atoms with Gasteiger partial charge in [0.05, 0.1) is 5.56 Å². The normalized spacial score (nSPS) is 14.3. The molecule has 1 saturated carbocycles. The highest BCUT2D eigenvalue weighted by atomic mass is 16.3. The van der Waals surface area contributed by atoms with E-state index in [-0.39, 0.29) is 29.8 Å². The fraction of sp³-hybridized carbons (Fsp3) is 0.286. The van der Waals surface area contributed by atoms with Crippen LogP contribution in [-0.4, -0.2) is 36.1 Å². The number of ketones is 1. The lowest BCUT2D eigenvalue weighted by atomic mass is 9.92. The van der Waals surface area contributed by atoms with Crippen LogP contribution < -0.4 is 11.5 Å². The number of phenolic OH excluding ortho intramolecular Hbond substituents is 1. The fourth-order valence-corrected chi connectivity index (χ4v) is 5.01. The molecule has 0 atom stereocenters. The first-order valence-electron chi connectivity index (χ1n) is 12.4. The van der Waals surface area contributed by atoms with Gasteiger partial charge in [-0.15, -0.1) is 10.2 Å². The topological polar surface area (TPSA) is 164 Å². The molecule has 0 amide bonds. The summed E-state index contributed by atoms with van der Waals surface area (Å²) in [7, 11) is 0. The summed E-state index contributed by atoms with van der Waals surface area (Å²) in [6, 6.07) is 10.1. The Morgan fingerprint density at radius 1 is 1.21 bits per heavy atom. The maximum atomic E-state index is 12.2. The molecule has 1 aliphatic rings. The van der Waals surface area contributed by atoms with Crippen LogP contribution in [0.1, 0.15) is 56.5 Å². The summed E-state index contributed by atoms with van der Waals surface area (Å²) in [4.78, 5) is 24.3. The number of rotatable bonds is 9. The van der Waals surface area contributed by atoms with E-state index in [0.717, 1.165) is 31.9 Å². The number of anilines is 1. The molecule has 38 heavy (non-hydrogen) atoms. The summed E-state index contributed by atoms with van der Waals surface area (Å²) in [6.07, 6.45) is 5.15. The Labute approximate surface area is 220 Å². The van der Waals surface area contributed by atoms with Gasteiger partial charge in [-0.05, 0) is 57.0 Å². The third kappa shape index (κ3) is 5.10. The Morgan fingerprint density at radius 3 is 2.45 bits per heavy atom. The fourth-order valence-electron chi connectivity index (χ4n) is 5.01. The SMILES string of the molecule is C=C[N+](=O)Cc1nnc(-c2cc(C(=N)C3CCCC3)c(N)cc2O)n1-c1ccc(/C(C(C)=O)=C(\C)N)cc1. The number of nitrogen functional groups attached to an aromatic ring is 1. The van der Waals surface area contributed by atoms with Gasteiger partial charge in [0, 0.05) is 55.6 Å². The minimum atomic E-state index is -0.152. The van der Waals surface area contributed by atoms with E-state index in [1.165, 1.54) is 13.0 Å². The van der Waals surface area contributed by atoms with E-state index in [1.54, 1.807) is 41.8 Å². The molecule has 0 unspecified atom stereocenters. The molecule has 10 heteroatoms. The number of nitrogens with two attached hydrogens (primary N) is 2. The average Bonchev–Trinajstić information content (AvgIpc) is 3.54. The van der Waals surface area contributed by atoms with Crippen LogP contribution in [0.5, 0.6) is 5.75 Å². The molecule has 1 aromatic heterocycles. The van der Waals surface area contributed by atoms with E-state index >= 15 is 0 Å². The number of nitrogens with zero attached hydrogens (tertiary/aromatic N) is 4. The molecule has 1 fully saturated rings. The third-order valence-electron chi connectivity index (χ3n) is 6.85. The number of phenols is 1. The second-order valence-corrected chi connectivity index (χ2v) is 9.55. The maximum Gasteiger partial charge on any atom is 0.257 e. The van der Waals surface area contributed by atoms with Gasteiger partial charge in [0.1, 0.15) is 5.75 Å². The first kappa shape index (κ1) is 26.5. The van der Waals surface area contributed by atoms with E-state index in [9.17, 15) is 14.8 Å². The molecule has 0 aliphatic heterocycles. The van der Waals surface area contributed by atoms with Crippen molar-refractivity contribution in [3.05, 3.63) is 76.7 Å². The highest BCUT2D eigenvalue weighted by molar-refractivity contribution is 6.20. The van der Waals surface area contributed by atoms with Gasteiger partial charge in [-0.2, -0.15) is 0 Å². The summed E-state index contributed by atoms with van der Waals surface area (Å²) < 4.78 is 2.27. The number of carbonyl (C=O) groups excluding carboxylic acids is 1. The molecular formula is C28H32N7O3+. The van der Waals surface area contributed by atoms with Crippen LogP contribution in [0.4, 0.5) is 5.69 Å². The third-order valence-corrected chi connectivity index (χ3v) is 6.85. The molecule has 10 nitrogen and oxygen atoms in total. The zero-order valence-electron chi connectivity index (χ0n) is 21.6. The van der Waals surface area contributed by atoms with E-state index in [0.29, 0.717) is 55.6 Å². The summed E-state index contributed by atoms with van der Waals surface area (Å²) in [5, 5.41) is 28.2. The molecule has 6 N–H and O–H groups in total. The van der Waals surface area contributed by atoms with Gasteiger partial charge in [-0.25, -0.2) is 0 Å². The minimum Gasteiger partial charge on any atom is -0.507 e. The van der Waals surface area contributed by atoms with Crippen molar-refractivity contribution in [2.75, 3.05) is 5.73 Å². The van der Waals surface area contributed by atoms with Crippen LogP contribution >= 0.6 is 0 Å². The predicted octanol–water partition coefficient (Wildman–Crippen LogP) is 4.48. The van der Waals surface area contributed by atoms with Gasteiger partial charge < -0.3 is 22.0 Å². The van der Waals surface area contributed by atoms with E-state index in [4.69, 9.17) is 16.9 Å². The molecule has 0 spiro atoms. The lowest BCUT2D eigenvalue weighted by molar-refractivity contribution is -0.497. The highest BCUT2D eigenvalue weighted by Gasteiger charge is 2.26. The van der Waals surface area contributed by atoms with Gasteiger partial charge in [-0.3, -0.25) is 9.36 Å². The molecule has 3 aromatic rings. The summed E-state index contributed by atoms with van der Waals surface area (Å²) >= 11 is 0. The number of hydrogen-bond acceptors (Lipinski definition) is 8. The lowest BCUT2D eigenvalue weighted by Crippen LogP contribution is -2.14. The van der Waals surface area contributed by atoms with Crippen LogP contribution in [0.25, 0.3) is 22.6 Å². The average molecular weight is 515 g/mol. The lowest BCUT2D eigenvalue weighted by Gasteiger charge is -2.17. The molecule has 0 bridgehead atoms. The Kier molecular flexibility index (Phi) is 7.52. The number of aromatic hydroxyl groups is 1. The van der Waals surface area contributed by atoms with Crippen molar-refractivity contribution < 1.29 is 14.7 Å². The van der Waals surface area contributed by atoms with Gasteiger partial charge in [0.2, 0.25) is 12.0 Å². The molecular weight excluding hydrogens is 482 g/mol. The van der Waals surface area contributed by atoms with Crippen molar-refractivity contribution >= 4 is 22.8 Å². The maximum absolute atomic E-state index is 12.2. The number of nitroso groups, excluding NO2 is 1. The van der Waals surface area contributed by atoms with Crippen molar-refractivity contribution in [3.8, 4) is 22.8 Å². The van der Waals surface area contributed by atoms with Crippen molar-refractivity contribution in [3.63, 3.8) is 0 Å². The van der Waals surface area contributed by atoms with Crippen molar-refractivity contribution in [1.29, 1.82) is 5.41 Å². The van der Waals surface area contributed by atoms with Gasteiger partial charge in [0.25, 0.3) is 6.54 Å². The van der Waals surface area contributed by atoms with Crippen molar-refractivity contribution in [1.82, 2.24) is 14.8 Å². The molecule has 1 aliphatic carbocycles. The predicted molar refractivity (Wildman–Crippen MR) is 147 cm³/mol. The second-order valence-electron chi connectivity index (χ2n) is 9.55. The van der Waals surface area contributed by atoms with Crippen LogP contribution in [0, 0.1) is 16.2 Å². The first-order valence-corrected chi connectivity index (χ1v) is 12.4. The number of Topliss-reactive ketones (excluding diaryl/α,β-unsaturated/α-hetero) is 1. The van der Waals surface area contributed by atoms with Gasteiger partial charge in [-0.1, -0.05) is 25.0 Å². The Hall–Kier alpha value is -4.60. The minimum absolute atomic E-state index is 0.117. The van der Waals surface area contributed by atoms with Crippen molar-refractivity contribution in [2.45, 2.75) is 46.1 Å². The quantitative estimate of drug-likeness (QED) is 0.141. The first-order chi connectivity index (χ1) is 18.1. The molecule has 196 valence electrons. The Bertz CT molecular complexity index is 1460. The molecule has 0 saturated heterocycles. The number of carbonyl (C=O) groups is 1. The number of aromatic nitrogens is 3. The monoisotopic (exact) mass is 514 g/mol. The van der Waals surface area contributed by atoms with Crippen LogP contribution in [0.15, 0.2) is 54.9 Å². The number of benzene rings is 2. The molecule has 2 aromatic carbocycles. The Morgan fingerprint density at radius 2 is 1.87 bits per heavy atom. The summed E-state index contributed by atoms with van der Waals surface area (Å²) in [5.74, 6) is 0.432. The summed E-state index contributed by atoms with van der Waals surface area (Å²) in [5.41, 5.74) is 15.9. The summed E-state index contributed by atoms with van der Waals surface area (Å²) in [6.45, 7) is 6.50. The van der Waals surface area contributed by atoms with Crippen LogP contribution in [0.3, 0.4) is 0 Å². The second kappa shape index (κ2) is 10.8. The Balaban J connectivity index is 1.86. The number of nitrogens with one attached hydrogen (secondary N) is 1. The van der Waals surface area contributed by atoms with Gasteiger partial charge >= 0.3 is 0 Å². The number of hydrogen-bond donors (Lipinski definition) is 4. The zero-order chi connectivity index (χ0) is 27.6. The van der Waals surface area contributed by atoms with E-state index < -0.39 is 0 Å². The smallest absolute Gasteiger partial charge is 0.257 e. The van der Waals surface area contributed by atoms with E-state index in [1.807, 2.05) is 0 Å². The van der Waals surface area contributed by atoms with Crippen molar-refractivity contribution in [2.24, 2.45) is 11.7 Å². The highest BCUT2D eigenvalue weighted by Crippen LogP contribution is 2.37. The molecule has 0 radical (unpaired) electrons. The zero-order valence-corrected chi connectivity index (χ0v) is 21.6. The molecule has 1 heterocycles. The van der Waals surface area contributed by atoms with Crippen LogP contribution in [-0.2, 0) is 11.3 Å². The van der Waals surface area contributed by atoms with Crippen LogP contribution in [0.2, 0.25) is 0 Å². The number of allylic oxidation sites excluding steroid dienone is 2. The van der Waals surface area contributed by atoms with Gasteiger partial charge in [0.15, 0.2) is 11.6 Å². The largest absolute Gasteiger partial charge is 0.507 e. The standard InChI is InChI=1S/C28H31N7O3/c1-4-34(38)15-25-32-33-28(35(25)20-11-9-18(10-12-20)26(16(2)29)17(3)36)22-13-21(23(30)14-24(22)37)27(31)19-7-5-6-8-19/h4,9-14,19H,1,5-8,15H2,2-3H3,(H5-,29,30,31,33,36,37)/p+1. The molecule has 4 rings (SSSR count).